The summed E-state index contributed by atoms with van der Waals surface area (Å²) in [6.07, 6.45) is -5.58. The van der Waals surface area contributed by atoms with Crippen LogP contribution in [0.1, 0.15) is 21.5 Å². The van der Waals surface area contributed by atoms with Crippen molar-refractivity contribution >= 4 is 17.5 Å². The van der Waals surface area contributed by atoms with Crippen LogP contribution in [-0.4, -0.2) is 24.5 Å². The minimum absolute atomic E-state index is 0.125. The highest BCUT2D eigenvalue weighted by atomic mass is 19.4. The second-order valence-electron chi connectivity index (χ2n) is 7.27. The van der Waals surface area contributed by atoms with E-state index in [1.807, 2.05) is 30.3 Å². The summed E-state index contributed by atoms with van der Waals surface area (Å²) in [5, 5.41) is 2.78. The van der Waals surface area contributed by atoms with Crippen molar-refractivity contribution in [2.45, 2.75) is 18.8 Å². The molecule has 0 fully saturated rings. The summed E-state index contributed by atoms with van der Waals surface area (Å²) in [7, 11) is 0. The highest BCUT2D eigenvalue weighted by Gasteiger charge is 2.35. The summed E-state index contributed by atoms with van der Waals surface area (Å²) in [6, 6.07) is 20.1. The molecule has 0 spiro atoms. The van der Waals surface area contributed by atoms with Gasteiger partial charge in [-0.15, -0.1) is 0 Å². The van der Waals surface area contributed by atoms with Gasteiger partial charge < -0.3 is 15.0 Å². The molecule has 0 saturated heterocycles. The molecule has 164 valence electrons. The summed E-state index contributed by atoms with van der Waals surface area (Å²) in [5.41, 5.74) is 0.248. The Balaban J connectivity index is 1.57. The van der Waals surface area contributed by atoms with Crippen LogP contribution < -0.4 is 15.0 Å². The highest BCUT2D eigenvalue weighted by molar-refractivity contribution is 6.08. The third-order valence-corrected chi connectivity index (χ3v) is 5.06. The Hall–Kier alpha value is -3.81. The minimum Gasteiger partial charge on any atom is -0.477 e. The lowest BCUT2D eigenvalue weighted by atomic mass is 10.1. The molecule has 1 atom stereocenters. The number of nitrogens with one attached hydrogen (secondary N) is 1. The number of alkyl halides is 3. The van der Waals surface area contributed by atoms with Crippen LogP contribution in [0.3, 0.4) is 0 Å². The molecule has 1 heterocycles. The Bertz CT molecular complexity index is 1130. The molecule has 5 nitrogen and oxygen atoms in total. The first kappa shape index (κ1) is 21.4. The van der Waals surface area contributed by atoms with Crippen molar-refractivity contribution in [2.75, 3.05) is 11.4 Å². The van der Waals surface area contributed by atoms with Gasteiger partial charge in [0.15, 0.2) is 6.10 Å². The van der Waals surface area contributed by atoms with Gasteiger partial charge in [0.25, 0.3) is 11.8 Å². The summed E-state index contributed by atoms with van der Waals surface area (Å²) in [6.45, 7) is 0.148. The van der Waals surface area contributed by atoms with E-state index in [2.05, 4.69) is 5.32 Å². The van der Waals surface area contributed by atoms with Gasteiger partial charge >= 0.3 is 6.18 Å². The Morgan fingerprint density at radius 1 is 0.969 bits per heavy atom. The summed E-state index contributed by atoms with van der Waals surface area (Å²) < 4.78 is 45.1. The Morgan fingerprint density at radius 2 is 1.69 bits per heavy atom. The van der Waals surface area contributed by atoms with Crippen LogP contribution >= 0.6 is 0 Å². The number of nitrogens with zero attached hydrogens (tertiary/aromatic N) is 1. The third kappa shape index (κ3) is 4.59. The maximum absolute atomic E-state index is 13.2. The van der Waals surface area contributed by atoms with E-state index in [9.17, 15) is 22.8 Å². The van der Waals surface area contributed by atoms with Gasteiger partial charge in [-0.05, 0) is 35.9 Å². The molecule has 0 bridgehead atoms. The molecule has 8 heteroatoms. The molecule has 0 saturated carbocycles. The molecule has 4 rings (SSSR count). The monoisotopic (exact) mass is 440 g/mol. The zero-order chi connectivity index (χ0) is 22.7. The second kappa shape index (κ2) is 8.74. The number of hydrogen-bond donors (Lipinski definition) is 1. The molecule has 32 heavy (non-hydrogen) atoms. The molecule has 3 aromatic carbocycles. The number of carbonyl (C=O) groups excluding carboxylic acids is 2. The molecule has 1 aliphatic rings. The first-order chi connectivity index (χ1) is 15.3. The van der Waals surface area contributed by atoms with Gasteiger partial charge in [0.1, 0.15) is 5.75 Å². The molecule has 0 unspecified atom stereocenters. The van der Waals surface area contributed by atoms with E-state index in [0.717, 1.165) is 17.7 Å². The lowest BCUT2D eigenvalue weighted by Crippen LogP contribution is -2.50. The van der Waals surface area contributed by atoms with E-state index in [1.54, 1.807) is 24.3 Å². The van der Waals surface area contributed by atoms with Crippen LogP contribution in [0.15, 0.2) is 78.9 Å². The van der Waals surface area contributed by atoms with Gasteiger partial charge in [0.2, 0.25) is 0 Å². The predicted octanol–water partition coefficient (Wildman–Crippen LogP) is 4.43. The second-order valence-corrected chi connectivity index (χ2v) is 7.27. The first-order valence-corrected chi connectivity index (χ1v) is 9.89. The number of benzene rings is 3. The summed E-state index contributed by atoms with van der Waals surface area (Å²) >= 11 is 0. The Morgan fingerprint density at radius 3 is 2.44 bits per heavy atom. The van der Waals surface area contributed by atoms with Crippen molar-refractivity contribution < 1.29 is 27.5 Å². The van der Waals surface area contributed by atoms with E-state index < -0.39 is 29.7 Å². The van der Waals surface area contributed by atoms with E-state index in [0.29, 0.717) is 11.4 Å². The number of carbonyl (C=O) groups is 2. The van der Waals surface area contributed by atoms with Gasteiger partial charge in [-0.3, -0.25) is 9.59 Å². The molecule has 0 aromatic heterocycles. The number of halogens is 3. The molecule has 2 amide bonds. The van der Waals surface area contributed by atoms with Gasteiger partial charge in [0.05, 0.1) is 17.8 Å². The first-order valence-electron chi connectivity index (χ1n) is 9.89. The van der Waals surface area contributed by atoms with Crippen molar-refractivity contribution in [3.8, 4) is 5.75 Å². The van der Waals surface area contributed by atoms with E-state index >= 15 is 0 Å². The van der Waals surface area contributed by atoms with Crippen molar-refractivity contribution in [3.63, 3.8) is 0 Å². The van der Waals surface area contributed by atoms with Gasteiger partial charge in [-0.25, -0.2) is 0 Å². The van der Waals surface area contributed by atoms with Crippen LogP contribution in [-0.2, 0) is 17.5 Å². The quantitative estimate of drug-likeness (QED) is 0.653. The van der Waals surface area contributed by atoms with E-state index in [-0.39, 0.29) is 18.7 Å². The average molecular weight is 440 g/mol. The number of fused-ring (bicyclic) bond motifs is 1. The fourth-order valence-corrected chi connectivity index (χ4v) is 3.45. The highest BCUT2D eigenvalue weighted by Crippen LogP contribution is 2.35. The van der Waals surface area contributed by atoms with Crippen LogP contribution in [0.25, 0.3) is 0 Å². The molecular weight excluding hydrogens is 421 g/mol. The third-order valence-electron chi connectivity index (χ3n) is 5.06. The molecule has 1 aliphatic heterocycles. The zero-order valence-corrected chi connectivity index (χ0v) is 16.8. The molecular formula is C24H19F3N2O3. The number of rotatable bonds is 4. The van der Waals surface area contributed by atoms with E-state index in [1.165, 1.54) is 17.0 Å². The van der Waals surface area contributed by atoms with Gasteiger partial charge in [0, 0.05) is 12.1 Å². The molecule has 3 aromatic rings. The number of anilines is 1. The Kier molecular flexibility index (Phi) is 5.85. The molecule has 0 aliphatic carbocycles. The van der Waals surface area contributed by atoms with Gasteiger partial charge in [-0.1, -0.05) is 48.5 Å². The van der Waals surface area contributed by atoms with Gasteiger partial charge in [-0.2, -0.15) is 13.2 Å². The van der Waals surface area contributed by atoms with Crippen LogP contribution in [0, 0.1) is 0 Å². The summed E-state index contributed by atoms with van der Waals surface area (Å²) in [4.78, 5) is 27.2. The fourth-order valence-electron chi connectivity index (χ4n) is 3.45. The number of amides is 2. The maximum atomic E-state index is 13.2. The predicted molar refractivity (Wildman–Crippen MR) is 112 cm³/mol. The van der Waals surface area contributed by atoms with Crippen molar-refractivity contribution in [2.24, 2.45) is 0 Å². The lowest BCUT2D eigenvalue weighted by Gasteiger charge is -2.34. The van der Waals surface area contributed by atoms with Crippen molar-refractivity contribution in [1.82, 2.24) is 5.32 Å². The van der Waals surface area contributed by atoms with E-state index in [4.69, 9.17) is 4.74 Å². The largest absolute Gasteiger partial charge is 0.477 e. The molecule has 0 radical (unpaired) electrons. The summed E-state index contributed by atoms with van der Waals surface area (Å²) in [5.74, 6) is -0.767. The lowest BCUT2D eigenvalue weighted by molar-refractivity contribution is -0.137. The van der Waals surface area contributed by atoms with Crippen LogP contribution in [0.5, 0.6) is 5.75 Å². The number of para-hydroxylation sites is 2. The number of hydrogen-bond acceptors (Lipinski definition) is 3. The zero-order valence-electron chi connectivity index (χ0n) is 16.8. The fraction of sp³-hybridized carbons (Fsp3) is 0.167. The SMILES string of the molecule is O=C(NCc1ccccc1)[C@@H]1CN(C(=O)c2cccc(C(F)(F)F)c2)c2ccccc2O1. The average Bonchev–Trinajstić information content (AvgIpc) is 2.81. The van der Waals surface area contributed by atoms with Crippen LogP contribution in [0.4, 0.5) is 18.9 Å². The standard InChI is InChI=1S/C24H19F3N2O3/c25-24(26,27)18-10-6-9-17(13-18)23(31)29-15-21(32-20-12-5-4-11-19(20)29)22(30)28-14-16-7-2-1-3-8-16/h1-13,21H,14-15H2,(H,28,30)/t21-/m0/s1. The van der Waals surface area contributed by atoms with Crippen molar-refractivity contribution in [3.05, 3.63) is 95.6 Å². The van der Waals surface area contributed by atoms with Crippen molar-refractivity contribution in [1.29, 1.82) is 0 Å². The van der Waals surface area contributed by atoms with Crippen LogP contribution in [0.2, 0.25) is 0 Å². The normalized spacial score (nSPS) is 15.5. The smallest absolute Gasteiger partial charge is 0.416 e. The topological polar surface area (TPSA) is 58.6 Å². The number of ether oxygens (including phenoxy) is 1. The molecule has 1 N–H and O–H groups in total. The maximum Gasteiger partial charge on any atom is 0.416 e. The minimum atomic E-state index is -4.57. The Labute approximate surface area is 182 Å².